The molecule has 4 rings (SSSR count). The van der Waals surface area contributed by atoms with Gasteiger partial charge in [0, 0.05) is 37.2 Å². The van der Waals surface area contributed by atoms with Crippen molar-refractivity contribution in [1.82, 2.24) is 9.88 Å². The summed E-state index contributed by atoms with van der Waals surface area (Å²) in [6.45, 7) is 7.09. The van der Waals surface area contributed by atoms with E-state index in [1.54, 1.807) is 11.1 Å². The number of hydrogen-bond donors (Lipinski definition) is 1. The molecule has 0 saturated carbocycles. The van der Waals surface area contributed by atoms with Crippen LogP contribution in [-0.4, -0.2) is 47.5 Å². The first kappa shape index (κ1) is 24.7. The van der Waals surface area contributed by atoms with Crippen LogP contribution in [-0.2, 0) is 20.7 Å². The van der Waals surface area contributed by atoms with Gasteiger partial charge in [0.15, 0.2) is 11.7 Å². The highest BCUT2D eigenvalue weighted by atomic mass is 16.5. The number of nitrogens with zero attached hydrogens (tertiary/aromatic N) is 2. The van der Waals surface area contributed by atoms with Crippen LogP contribution in [0.3, 0.4) is 0 Å². The zero-order valence-corrected chi connectivity index (χ0v) is 20.7. The summed E-state index contributed by atoms with van der Waals surface area (Å²) in [5.74, 6) is 0.844. The van der Waals surface area contributed by atoms with Gasteiger partial charge in [-0.2, -0.15) is 0 Å². The van der Waals surface area contributed by atoms with Crippen molar-refractivity contribution in [3.8, 4) is 11.3 Å². The predicted octanol–water partition coefficient (Wildman–Crippen LogP) is 4.85. The molecule has 1 N–H and O–H groups in total. The van der Waals surface area contributed by atoms with Gasteiger partial charge in [-0.25, -0.2) is 4.98 Å². The Balaban J connectivity index is 1.38. The van der Waals surface area contributed by atoms with Gasteiger partial charge in [-0.15, -0.1) is 0 Å². The van der Waals surface area contributed by atoms with Crippen molar-refractivity contribution in [3.05, 3.63) is 71.2 Å². The molecule has 3 aromatic rings. The van der Waals surface area contributed by atoms with Crippen molar-refractivity contribution in [3.63, 3.8) is 0 Å². The molecule has 1 aliphatic heterocycles. The highest BCUT2D eigenvalue weighted by Gasteiger charge is 2.25. The minimum Gasteiger partial charge on any atom is -0.441 e. The second-order valence-electron chi connectivity index (χ2n) is 9.19. The van der Waals surface area contributed by atoms with Crippen molar-refractivity contribution in [2.24, 2.45) is 0 Å². The number of amides is 2. The van der Waals surface area contributed by atoms with Crippen molar-refractivity contribution in [1.29, 1.82) is 0 Å². The van der Waals surface area contributed by atoms with Gasteiger partial charge in [0.2, 0.25) is 11.8 Å². The van der Waals surface area contributed by atoms with E-state index in [1.165, 1.54) is 5.56 Å². The Hall–Kier alpha value is -3.45. The van der Waals surface area contributed by atoms with Crippen LogP contribution in [0, 0.1) is 20.8 Å². The number of nitrogens with one attached hydrogen (secondary N) is 1. The lowest BCUT2D eigenvalue weighted by molar-refractivity contribution is -0.136. The molecule has 7 nitrogen and oxygen atoms in total. The van der Waals surface area contributed by atoms with E-state index >= 15 is 0 Å². The number of hydrogen-bond acceptors (Lipinski definition) is 5. The number of carbonyl (C=O) groups is 2. The molecule has 2 heterocycles. The Kier molecular flexibility index (Phi) is 7.98. The van der Waals surface area contributed by atoms with Gasteiger partial charge in [0.25, 0.3) is 0 Å². The van der Waals surface area contributed by atoms with Gasteiger partial charge >= 0.3 is 0 Å². The summed E-state index contributed by atoms with van der Waals surface area (Å²) in [4.78, 5) is 31.9. The summed E-state index contributed by atoms with van der Waals surface area (Å²) in [5, 5.41) is 2.96. The number of ether oxygens (including phenoxy) is 1. The third-order valence-corrected chi connectivity index (χ3v) is 6.46. The van der Waals surface area contributed by atoms with Crippen molar-refractivity contribution in [2.45, 2.75) is 52.6 Å². The summed E-state index contributed by atoms with van der Waals surface area (Å²) < 4.78 is 11.6. The van der Waals surface area contributed by atoms with Crippen LogP contribution in [0.2, 0.25) is 0 Å². The predicted molar refractivity (Wildman–Crippen MR) is 135 cm³/mol. The van der Waals surface area contributed by atoms with Gasteiger partial charge in [-0.05, 0) is 50.8 Å². The number of benzene rings is 2. The van der Waals surface area contributed by atoms with E-state index in [-0.39, 0.29) is 30.9 Å². The average Bonchev–Trinajstić information content (AvgIpc) is 3.53. The van der Waals surface area contributed by atoms with Crippen molar-refractivity contribution in [2.75, 3.05) is 25.0 Å². The SMILES string of the molecule is Cc1ccc(-c2cnc(CCC(=O)N(CC(=O)Nc3cccc(C)c3C)CC3CCCO3)o2)cc1. The maximum Gasteiger partial charge on any atom is 0.244 e. The minimum absolute atomic E-state index is 0.0216. The lowest BCUT2D eigenvalue weighted by Gasteiger charge is -2.25. The molecule has 0 bridgehead atoms. The molecule has 1 unspecified atom stereocenters. The van der Waals surface area contributed by atoms with E-state index < -0.39 is 0 Å². The van der Waals surface area contributed by atoms with Gasteiger partial charge in [0.1, 0.15) is 0 Å². The third-order valence-electron chi connectivity index (χ3n) is 6.46. The fourth-order valence-corrected chi connectivity index (χ4v) is 4.19. The molecule has 1 aliphatic rings. The summed E-state index contributed by atoms with van der Waals surface area (Å²) in [5.41, 5.74) is 5.01. The zero-order chi connectivity index (χ0) is 24.8. The molecule has 7 heteroatoms. The second kappa shape index (κ2) is 11.3. The summed E-state index contributed by atoms with van der Waals surface area (Å²) in [6.07, 6.45) is 4.08. The van der Waals surface area contributed by atoms with Gasteiger partial charge in [0.05, 0.1) is 18.8 Å². The van der Waals surface area contributed by atoms with E-state index in [4.69, 9.17) is 9.15 Å². The first-order valence-electron chi connectivity index (χ1n) is 12.2. The fourth-order valence-electron chi connectivity index (χ4n) is 4.19. The standard InChI is InChI=1S/C28H33N3O4/c1-19-9-11-22(12-10-19)25-16-29-27(35-25)13-14-28(33)31(17-23-7-5-15-34-23)18-26(32)30-24-8-4-6-20(2)21(24)3/h4,6,8-12,16,23H,5,7,13-15,17-18H2,1-3H3,(H,30,32). The molecule has 2 aromatic carbocycles. The number of oxazole rings is 1. The van der Waals surface area contributed by atoms with Crippen LogP contribution in [0.5, 0.6) is 0 Å². The Morgan fingerprint density at radius 2 is 1.91 bits per heavy atom. The monoisotopic (exact) mass is 475 g/mol. The third kappa shape index (κ3) is 6.57. The zero-order valence-electron chi connectivity index (χ0n) is 20.7. The van der Waals surface area contributed by atoms with Gasteiger partial charge in [-0.1, -0.05) is 42.0 Å². The van der Waals surface area contributed by atoms with Crippen LogP contribution >= 0.6 is 0 Å². The maximum absolute atomic E-state index is 13.1. The Labute approximate surface area is 206 Å². The fraction of sp³-hybridized carbons (Fsp3) is 0.393. The highest BCUT2D eigenvalue weighted by Crippen LogP contribution is 2.22. The van der Waals surface area contributed by atoms with E-state index in [1.807, 2.05) is 63.2 Å². The van der Waals surface area contributed by atoms with Crippen LogP contribution in [0.15, 0.2) is 53.1 Å². The Morgan fingerprint density at radius 3 is 2.66 bits per heavy atom. The molecule has 0 aliphatic carbocycles. The molecule has 0 spiro atoms. The molecule has 1 aromatic heterocycles. The van der Waals surface area contributed by atoms with Crippen LogP contribution in [0.25, 0.3) is 11.3 Å². The quantitative estimate of drug-likeness (QED) is 0.478. The van der Waals surface area contributed by atoms with Crippen molar-refractivity contribution < 1.29 is 18.7 Å². The number of anilines is 1. The minimum atomic E-state index is -0.220. The number of carbonyl (C=O) groups excluding carboxylic acids is 2. The maximum atomic E-state index is 13.1. The molecule has 35 heavy (non-hydrogen) atoms. The molecule has 184 valence electrons. The number of rotatable bonds is 9. The van der Waals surface area contributed by atoms with Gasteiger partial charge in [-0.3, -0.25) is 9.59 Å². The van der Waals surface area contributed by atoms with Gasteiger partial charge < -0.3 is 19.4 Å². The molecule has 1 saturated heterocycles. The lowest BCUT2D eigenvalue weighted by atomic mass is 10.1. The van der Waals surface area contributed by atoms with Crippen LogP contribution in [0.1, 0.15) is 41.8 Å². The van der Waals surface area contributed by atoms with Crippen LogP contribution < -0.4 is 5.32 Å². The molecule has 0 radical (unpaired) electrons. The Morgan fingerprint density at radius 1 is 1.11 bits per heavy atom. The van der Waals surface area contributed by atoms with E-state index in [0.29, 0.717) is 31.2 Å². The molecule has 1 atom stereocenters. The van der Waals surface area contributed by atoms with Crippen molar-refractivity contribution >= 4 is 17.5 Å². The summed E-state index contributed by atoms with van der Waals surface area (Å²) in [6, 6.07) is 13.8. The topological polar surface area (TPSA) is 84.7 Å². The lowest BCUT2D eigenvalue weighted by Crippen LogP contribution is -2.42. The summed E-state index contributed by atoms with van der Waals surface area (Å²) in [7, 11) is 0. The van der Waals surface area contributed by atoms with E-state index in [9.17, 15) is 9.59 Å². The second-order valence-corrected chi connectivity index (χ2v) is 9.19. The van der Waals surface area contributed by atoms with E-state index in [2.05, 4.69) is 10.3 Å². The smallest absolute Gasteiger partial charge is 0.244 e. The first-order valence-corrected chi connectivity index (χ1v) is 12.2. The molecule has 1 fully saturated rings. The highest BCUT2D eigenvalue weighted by molar-refractivity contribution is 5.95. The molecular weight excluding hydrogens is 442 g/mol. The van der Waals surface area contributed by atoms with Crippen LogP contribution in [0.4, 0.5) is 5.69 Å². The molecule has 2 amide bonds. The average molecular weight is 476 g/mol. The number of aryl methyl sites for hydroxylation is 3. The largest absolute Gasteiger partial charge is 0.441 e. The normalized spacial score (nSPS) is 15.2. The summed E-state index contributed by atoms with van der Waals surface area (Å²) >= 11 is 0. The Bertz CT molecular complexity index is 1160. The molecular formula is C28H33N3O4. The first-order chi connectivity index (χ1) is 16.9. The number of aromatic nitrogens is 1. The van der Waals surface area contributed by atoms with E-state index in [0.717, 1.165) is 35.2 Å².